The maximum Gasteiger partial charge on any atom is 0.222 e. The summed E-state index contributed by atoms with van der Waals surface area (Å²) in [4.78, 5) is 23.8. The number of hydrogen-bond donors (Lipinski definition) is 0. The van der Waals surface area contributed by atoms with Gasteiger partial charge in [-0.1, -0.05) is 0 Å². The third-order valence-electron chi connectivity index (χ3n) is 6.54. The minimum atomic E-state index is 0.259. The smallest absolute Gasteiger partial charge is 0.222 e. The maximum atomic E-state index is 12.8. The SMILES string of the molecule is Cc1cc2nc(C)c(CCC(=O)N3CCC(CCn4ccnc4C)CC3)c(C)n2n1. The molecule has 0 aromatic carbocycles. The van der Waals surface area contributed by atoms with Crippen LogP contribution in [0.5, 0.6) is 0 Å². The normalized spacial score (nSPS) is 15.3. The van der Waals surface area contributed by atoms with Crippen LogP contribution in [-0.4, -0.2) is 48.0 Å². The minimum Gasteiger partial charge on any atom is -0.343 e. The van der Waals surface area contributed by atoms with Crippen molar-refractivity contribution in [1.82, 2.24) is 29.0 Å². The number of imidazole rings is 1. The summed E-state index contributed by atoms with van der Waals surface area (Å²) in [5.41, 5.74) is 5.08. The molecule has 7 nitrogen and oxygen atoms in total. The van der Waals surface area contributed by atoms with Gasteiger partial charge in [0, 0.05) is 55.9 Å². The number of fused-ring (bicyclic) bond motifs is 1. The molecule has 0 radical (unpaired) electrons. The molecule has 0 atom stereocenters. The molecule has 160 valence electrons. The summed E-state index contributed by atoms with van der Waals surface area (Å²) in [7, 11) is 0. The molecule has 3 aromatic heterocycles. The highest BCUT2D eigenvalue weighted by Gasteiger charge is 2.23. The number of aryl methyl sites for hydroxylation is 5. The summed E-state index contributed by atoms with van der Waals surface area (Å²) in [5.74, 6) is 2.02. The van der Waals surface area contributed by atoms with Gasteiger partial charge in [0.05, 0.1) is 5.69 Å². The van der Waals surface area contributed by atoms with E-state index in [1.807, 2.05) is 42.4 Å². The second-order valence-electron chi connectivity index (χ2n) is 8.60. The molecule has 0 unspecified atom stereocenters. The number of nitrogens with zero attached hydrogens (tertiary/aromatic N) is 6. The monoisotopic (exact) mass is 408 g/mol. The Bertz CT molecular complexity index is 1040. The van der Waals surface area contributed by atoms with Crippen LogP contribution in [0.4, 0.5) is 0 Å². The molecule has 1 saturated heterocycles. The molecule has 0 aliphatic carbocycles. The predicted octanol–water partition coefficient (Wildman–Crippen LogP) is 3.42. The van der Waals surface area contributed by atoms with E-state index in [1.165, 1.54) is 0 Å². The number of rotatable bonds is 6. The van der Waals surface area contributed by atoms with Crippen LogP contribution >= 0.6 is 0 Å². The number of aromatic nitrogens is 5. The molecule has 3 aromatic rings. The summed E-state index contributed by atoms with van der Waals surface area (Å²) in [6.45, 7) is 10.9. The van der Waals surface area contributed by atoms with Gasteiger partial charge in [-0.05, 0) is 64.9 Å². The first-order valence-corrected chi connectivity index (χ1v) is 11.0. The fourth-order valence-electron chi connectivity index (χ4n) is 4.63. The van der Waals surface area contributed by atoms with Crippen LogP contribution in [0.2, 0.25) is 0 Å². The average molecular weight is 409 g/mol. The zero-order valence-electron chi connectivity index (χ0n) is 18.6. The number of hydrogen-bond acceptors (Lipinski definition) is 4. The highest BCUT2D eigenvalue weighted by Crippen LogP contribution is 2.23. The molecule has 1 aliphatic heterocycles. The van der Waals surface area contributed by atoms with Crippen molar-refractivity contribution in [2.45, 2.75) is 66.3 Å². The van der Waals surface area contributed by atoms with Crippen molar-refractivity contribution < 1.29 is 4.79 Å². The summed E-state index contributed by atoms with van der Waals surface area (Å²) in [5, 5.41) is 4.53. The van der Waals surface area contributed by atoms with Crippen LogP contribution in [-0.2, 0) is 17.8 Å². The largest absolute Gasteiger partial charge is 0.343 e. The van der Waals surface area contributed by atoms with Crippen LogP contribution < -0.4 is 0 Å². The Hall–Kier alpha value is -2.70. The van der Waals surface area contributed by atoms with E-state index >= 15 is 0 Å². The van der Waals surface area contributed by atoms with Crippen LogP contribution in [0, 0.1) is 33.6 Å². The van der Waals surface area contributed by atoms with Crippen molar-refractivity contribution >= 4 is 11.6 Å². The Morgan fingerprint density at radius 1 is 1.17 bits per heavy atom. The Morgan fingerprint density at radius 3 is 2.63 bits per heavy atom. The topological polar surface area (TPSA) is 68.3 Å². The zero-order valence-corrected chi connectivity index (χ0v) is 18.6. The molecule has 1 fully saturated rings. The summed E-state index contributed by atoms with van der Waals surface area (Å²) in [6, 6.07) is 1.99. The molecule has 1 amide bonds. The Morgan fingerprint density at radius 2 is 1.93 bits per heavy atom. The van der Waals surface area contributed by atoms with Crippen molar-refractivity contribution in [1.29, 1.82) is 0 Å². The molecule has 0 bridgehead atoms. The van der Waals surface area contributed by atoms with E-state index in [1.54, 1.807) is 0 Å². The fourth-order valence-corrected chi connectivity index (χ4v) is 4.63. The lowest BCUT2D eigenvalue weighted by atomic mass is 9.93. The lowest BCUT2D eigenvalue weighted by molar-refractivity contribution is -0.132. The van der Waals surface area contributed by atoms with Crippen molar-refractivity contribution in [2.24, 2.45) is 5.92 Å². The molecule has 0 N–H and O–H groups in total. The van der Waals surface area contributed by atoms with Gasteiger partial charge in [0.15, 0.2) is 5.65 Å². The van der Waals surface area contributed by atoms with Gasteiger partial charge >= 0.3 is 0 Å². The molecular weight excluding hydrogens is 376 g/mol. The summed E-state index contributed by atoms with van der Waals surface area (Å²) >= 11 is 0. The van der Waals surface area contributed by atoms with E-state index < -0.39 is 0 Å². The highest BCUT2D eigenvalue weighted by molar-refractivity contribution is 5.76. The first-order chi connectivity index (χ1) is 14.4. The van der Waals surface area contributed by atoms with Gasteiger partial charge in [-0.15, -0.1) is 0 Å². The van der Waals surface area contributed by atoms with Crippen LogP contribution in [0.25, 0.3) is 5.65 Å². The van der Waals surface area contributed by atoms with E-state index in [0.717, 1.165) is 79.4 Å². The molecule has 30 heavy (non-hydrogen) atoms. The maximum absolute atomic E-state index is 12.8. The van der Waals surface area contributed by atoms with E-state index in [2.05, 4.69) is 32.8 Å². The second-order valence-corrected chi connectivity index (χ2v) is 8.60. The van der Waals surface area contributed by atoms with Gasteiger partial charge in [0.1, 0.15) is 5.82 Å². The van der Waals surface area contributed by atoms with Crippen LogP contribution in [0.1, 0.15) is 54.2 Å². The predicted molar refractivity (Wildman–Crippen MR) is 116 cm³/mol. The summed E-state index contributed by atoms with van der Waals surface area (Å²) in [6.07, 6.45) is 8.52. The standard InChI is InChI=1S/C23H32N6O/c1-16-15-22-25-17(2)21(18(3)29(22)26-16)5-6-23(30)28-12-8-20(9-13-28)7-11-27-14-10-24-19(27)4/h10,14-15,20H,5-9,11-13H2,1-4H3. The number of carbonyl (C=O) groups is 1. The summed E-state index contributed by atoms with van der Waals surface area (Å²) < 4.78 is 4.11. The third kappa shape index (κ3) is 4.25. The Labute approximate surface area is 178 Å². The first kappa shape index (κ1) is 20.6. The number of carbonyl (C=O) groups excluding carboxylic acids is 1. The van der Waals surface area contributed by atoms with Crippen molar-refractivity contribution in [3.05, 3.63) is 46.9 Å². The van der Waals surface area contributed by atoms with Gasteiger partial charge in [-0.3, -0.25) is 4.79 Å². The van der Waals surface area contributed by atoms with Gasteiger partial charge in [0.2, 0.25) is 5.91 Å². The average Bonchev–Trinajstić information content (AvgIpc) is 3.31. The number of amides is 1. The second kappa shape index (κ2) is 8.58. The van der Waals surface area contributed by atoms with Crippen molar-refractivity contribution in [3.63, 3.8) is 0 Å². The van der Waals surface area contributed by atoms with Crippen LogP contribution in [0.15, 0.2) is 18.5 Å². The third-order valence-corrected chi connectivity index (χ3v) is 6.54. The molecule has 4 heterocycles. The molecular formula is C23H32N6O. The number of likely N-dealkylation sites (tertiary alicyclic amines) is 1. The first-order valence-electron chi connectivity index (χ1n) is 11.0. The van der Waals surface area contributed by atoms with E-state index in [-0.39, 0.29) is 5.91 Å². The van der Waals surface area contributed by atoms with Crippen molar-refractivity contribution in [3.8, 4) is 0 Å². The van der Waals surface area contributed by atoms with Gasteiger partial charge in [0.25, 0.3) is 0 Å². The number of piperidine rings is 1. The lowest BCUT2D eigenvalue weighted by Crippen LogP contribution is -2.38. The zero-order chi connectivity index (χ0) is 21.3. The van der Waals surface area contributed by atoms with Crippen LogP contribution in [0.3, 0.4) is 0 Å². The molecule has 0 spiro atoms. The molecule has 7 heteroatoms. The molecule has 4 rings (SSSR count). The van der Waals surface area contributed by atoms with Gasteiger partial charge in [-0.2, -0.15) is 5.10 Å². The van der Waals surface area contributed by atoms with E-state index in [0.29, 0.717) is 12.3 Å². The van der Waals surface area contributed by atoms with Crippen molar-refractivity contribution in [2.75, 3.05) is 13.1 Å². The van der Waals surface area contributed by atoms with Gasteiger partial charge in [-0.25, -0.2) is 14.5 Å². The molecule has 1 aliphatic rings. The lowest BCUT2D eigenvalue weighted by Gasteiger charge is -2.32. The Balaban J connectivity index is 1.29. The quantitative estimate of drug-likeness (QED) is 0.627. The van der Waals surface area contributed by atoms with Gasteiger partial charge < -0.3 is 9.47 Å². The van der Waals surface area contributed by atoms with E-state index in [9.17, 15) is 4.79 Å². The highest BCUT2D eigenvalue weighted by atomic mass is 16.2. The Kier molecular flexibility index (Phi) is 5.88. The fraction of sp³-hybridized carbons (Fsp3) is 0.565. The minimum absolute atomic E-state index is 0.259. The molecule has 0 saturated carbocycles. The van der Waals surface area contributed by atoms with E-state index in [4.69, 9.17) is 0 Å².